The molecule has 0 bridgehead atoms. The molecule has 0 aromatic heterocycles. The molecule has 55 heavy (non-hydrogen) atoms. The van der Waals surface area contributed by atoms with Crippen molar-refractivity contribution < 1.29 is 25.9 Å². The monoisotopic (exact) mass is 780 g/mol. The van der Waals surface area contributed by atoms with E-state index in [1.165, 1.54) is 45.5 Å². The van der Waals surface area contributed by atoms with Crippen LogP contribution >= 0.6 is 0 Å². The Morgan fingerprint density at radius 3 is 1.16 bits per heavy atom. The second-order valence-corrected chi connectivity index (χ2v) is 19.1. The standard InChI is InChI=1S/C47H56O6S2/c1-28(2)39-13-11-14-40(29(3)4)44(39)25-34-17-19-36(23-32(34)9)47(43-22-21-38(54(48,49)50)27-46(43)55(51,52)53)37-20-18-35(33(10)24-37)26-45-41(30(5)6)15-12-16-42(45)31(7)8/h11-24,27-31,47H,25-26H2,1-10H3,(H,48,49,50)(H,51,52,53). The fraction of sp³-hybridized carbons (Fsp3) is 0.362. The van der Waals surface area contributed by atoms with Gasteiger partial charge in [-0.25, -0.2) is 0 Å². The summed E-state index contributed by atoms with van der Waals surface area (Å²) in [6, 6.07) is 28.8. The number of benzene rings is 5. The van der Waals surface area contributed by atoms with Gasteiger partial charge in [-0.2, -0.15) is 16.8 Å². The molecule has 0 aliphatic rings. The third kappa shape index (κ3) is 9.32. The highest BCUT2D eigenvalue weighted by Gasteiger charge is 2.28. The molecule has 5 aromatic rings. The van der Waals surface area contributed by atoms with Crippen LogP contribution < -0.4 is 0 Å². The topological polar surface area (TPSA) is 109 Å². The van der Waals surface area contributed by atoms with Gasteiger partial charge in [0, 0.05) is 5.92 Å². The van der Waals surface area contributed by atoms with Gasteiger partial charge < -0.3 is 0 Å². The van der Waals surface area contributed by atoms with Gasteiger partial charge in [0.2, 0.25) is 0 Å². The molecular formula is C47H56O6S2. The van der Waals surface area contributed by atoms with Crippen molar-refractivity contribution in [2.75, 3.05) is 0 Å². The molecule has 0 amide bonds. The fourth-order valence-corrected chi connectivity index (χ4v) is 9.42. The zero-order valence-corrected chi connectivity index (χ0v) is 35.4. The van der Waals surface area contributed by atoms with E-state index < -0.39 is 35.9 Å². The Balaban J connectivity index is 1.69. The Labute approximate surface area is 329 Å². The van der Waals surface area contributed by atoms with Gasteiger partial charge in [-0.3, -0.25) is 9.11 Å². The molecule has 0 spiro atoms. The van der Waals surface area contributed by atoms with E-state index in [9.17, 15) is 25.9 Å². The molecule has 0 aliphatic heterocycles. The van der Waals surface area contributed by atoms with Gasteiger partial charge in [0.15, 0.2) is 0 Å². The van der Waals surface area contributed by atoms with Crippen LogP contribution in [0.15, 0.2) is 101 Å². The summed E-state index contributed by atoms with van der Waals surface area (Å²) in [5.41, 5.74) is 14.0. The zero-order chi connectivity index (χ0) is 40.6. The number of aryl methyl sites for hydroxylation is 2. The van der Waals surface area contributed by atoms with Crippen molar-refractivity contribution in [1.82, 2.24) is 0 Å². The predicted molar refractivity (Wildman–Crippen MR) is 224 cm³/mol. The van der Waals surface area contributed by atoms with Gasteiger partial charge in [0.05, 0.1) is 9.79 Å². The van der Waals surface area contributed by atoms with E-state index >= 15 is 0 Å². The summed E-state index contributed by atoms with van der Waals surface area (Å²) in [6.07, 6.45) is 1.48. The Morgan fingerprint density at radius 1 is 0.473 bits per heavy atom. The van der Waals surface area contributed by atoms with Gasteiger partial charge in [0.25, 0.3) is 20.2 Å². The van der Waals surface area contributed by atoms with Gasteiger partial charge in [-0.1, -0.05) is 134 Å². The largest absolute Gasteiger partial charge is 0.294 e. The van der Waals surface area contributed by atoms with E-state index in [2.05, 4.69) is 130 Å². The normalized spacial score (nSPS) is 12.5. The van der Waals surface area contributed by atoms with Crippen LogP contribution in [-0.2, 0) is 33.1 Å². The van der Waals surface area contributed by atoms with E-state index in [0.29, 0.717) is 23.7 Å². The van der Waals surface area contributed by atoms with E-state index in [4.69, 9.17) is 0 Å². The molecule has 0 radical (unpaired) electrons. The van der Waals surface area contributed by atoms with Crippen LogP contribution in [0.5, 0.6) is 0 Å². The Bertz CT molecular complexity index is 2260. The predicted octanol–water partition coefficient (Wildman–Crippen LogP) is 11.7. The molecule has 0 fully saturated rings. The lowest BCUT2D eigenvalue weighted by Crippen LogP contribution is -2.13. The second-order valence-electron chi connectivity index (χ2n) is 16.3. The van der Waals surface area contributed by atoms with Crippen LogP contribution in [-0.4, -0.2) is 25.9 Å². The van der Waals surface area contributed by atoms with Gasteiger partial charge in [-0.15, -0.1) is 0 Å². The van der Waals surface area contributed by atoms with Gasteiger partial charge in [0.1, 0.15) is 0 Å². The lowest BCUT2D eigenvalue weighted by atomic mass is 9.80. The third-order valence-electron chi connectivity index (χ3n) is 11.0. The molecule has 292 valence electrons. The van der Waals surface area contributed by atoms with E-state index in [1.807, 2.05) is 12.1 Å². The van der Waals surface area contributed by atoms with Crippen LogP contribution in [0, 0.1) is 13.8 Å². The minimum atomic E-state index is -4.92. The number of hydrogen-bond donors (Lipinski definition) is 2. The molecule has 0 aliphatic carbocycles. The van der Waals surface area contributed by atoms with Crippen molar-refractivity contribution in [2.45, 2.75) is 121 Å². The van der Waals surface area contributed by atoms with Crippen LogP contribution in [0.3, 0.4) is 0 Å². The average molecular weight is 781 g/mol. The van der Waals surface area contributed by atoms with Crippen LogP contribution in [0.4, 0.5) is 0 Å². The molecule has 0 unspecified atom stereocenters. The highest BCUT2D eigenvalue weighted by Crippen LogP contribution is 2.40. The van der Waals surface area contributed by atoms with Crippen LogP contribution in [0.25, 0.3) is 0 Å². The molecule has 0 saturated heterocycles. The molecule has 6 nitrogen and oxygen atoms in total. The van der Waals surface area contributed by atoms with Gasteiger partial charge in [-0.05, 0) is 135 Å². The first-order valence-electron chi connectivity index (χ1n) is 19.2. The average Bonchev–Trinajstić information content (AvgIpc) is 3.09. The molecule has 0 heterocycles. The van der Waals surface area contributed by atoms with Crippen molar-refractivity contribution in [2.24, 2.45) is 0 Å². The Hall–Kier alpha value is -4.08. The molecule has 2 N–H and O–H groups in total. The Kier molecular flexibility index (Phi) is 12.7. The molecule has 5 aromatic carbocycles. The van der Waals surface area contributed by atoms with Crippen molar-refractivity contribution in [3.8, 4) is 0 Å². The Morgan fingerprint density at radius 2 is 0.855 bits per heavy atom. The maximum absolute atomic E-state index is 13.0. The highest BCUT2D eigenvalue weighted by atomic mass is 32.2. The molecular weight excluding hydrogens is 725 g/mol. The maximum atomic E-state index is 13.0. The molecule has 0 saturated carbocycles. The van der Waals surface area contributed by atoms with Crippen LogP contribution in [0.2, 0.25) is 0 Å². The minimum absolute atomic E-state index is 0.202. The molecule has 5 rings (SSSR count). The summed E-state index contributed by atoms with van der Waals surface area (Å²) in [6.45, 7) is 21.8. The molecule has 8 heteroatoms. The zero-order valence-electron chi connectivity index (χ0n) is 33.8. The molecule has 0 atom stereocenters. The van der Waals surface area contributed by atoms with E-state index in [-0.39, 0.29) is 5.56 Å². The fourth-order valence-electron chi connectivity index (χ4n) is 8.08. The second kappa shape index (κ2) is 16.6. The van der Waals surface area contributed by atoms with Gasteiger partial charge >= 0.3 is 0 Å². The van der Waals surface area contributed by atoms with Crippen molar-refractivity contribution in [1.29, 1.82) is 0 Å². The van der Waals surface area contributed by atoms with E-state index in [0.717, 1.165) is 52.3 Å². The first-order valence-corrected chi connectivity index (χ1v) is 22.1. The lowest BCUT2D eigenvalue weighted by Gasteiger charge is -2.25. The SMILES string of the molecule is Cc1cc(C(c2ccc(Cc3c(C(C)C)cccc3C(C)C)c(C)c2)c2ccc(S(=O)(=O)O)cc2S(=O)(=O)O)ccc1Cc1c(C(C)C)cccc1C(C)C. The van der Waals surface area contributed by atoms with E-state index in [1.54, 1.807) is 0 Å². The van der Waals surface area contributed by atoms with Crippen molar-refractivity contribution in [3.63, 3.8) is 0 Å². The minimum Gasteiger partial charge on any atom is -0.282 e. The van der Waals surface area contributed by atoms with Crippen molar-refractivity contribution >= 4 is 20.2 Å². The number of hydrogen-bond acceptors (Lipinski definition) is 4. The summed E-state index contributed by atoms with van der Waals surface area (Å²) < 4.78 is 70.6. The van der Waals surface area contributed by atoms with Crippen LogP contribution in [0.1, 0.15) is 157 Å². The smallest absolute Gasteiger partial charge is 0.282 e. The first-order chi connectivity index (χ1) is 25.7. The number of rotatable bonds is 13. The third-order valence-corrected chi connectivity index (χ3v) is 12.8. The highest BCUT2D eigenvalue weighted by molar-refractivity contribution is 7.86. The van der Waals surface area contributed by atoms with Crippen molar-refractivity contribution in [3.05, 3.63) is 163 Å². The lowest BCUT2D eigenvalue weighted by molar-refractivity contribution is 0.480. The first kappa shape index (κ1) is 42.1. The summed E-state index contributed by atoms with van der Waals surface area (Å²) in [4.78, 5) is -1.19. The summed E-state index contributed by atoms with van der Waals surface area (Å²) in [5, 5.41) is 0. The summed E-state index contributed by atoms with van der Waals surface area (Å²) in [7, 11) is -9.68. The quantitative estimate of drug-likeness (QED) is 0.0909. The maximum Gasteiger partial charge on any atom is 0.294 e. The summed E-state index contributed by atoms with van der Waals surface area (Å²) in [5.74, 6) is 0.707. The summed E-state index contributed by atoms with van der Waals surface area (Å²) >= 11 is 0.